The molecule has 1 spiro atoms. The smallest absolute Gasteiger partial charge is 0.332 e. The van der Waals surface area contributed by atoms with Gasteiger partial charge in [0, 0.05) is 18.8 Å². The molecule has 1 aromatic heterocycles. The normalized spacial score (nSPS) is 26.4. The highest BCUT2D eigenvalue weighted by Gasteiger charge is 2.67. The van der Waals surface area contributed by atoms with Gasteiger partial charge in [-0.05, 0) is 37.5 Å². The van der Waals surface area contributed by atoms with Crippen LogP contribution in [0.5, 0.6) is 0 Å². The Bertz CT molecular complexity index is 1540. The molecule has 4 rings (SSSR count). The molecule has 2 aliphatic rings. The molecule has 2 N–H and O–H groups in total. The maximum atomic E-state index is 13.3. The van der Waals surface area contributed by atoms with Gasteiger partial charge in [0.2, 0.25) is 0 Å². The van der Waals surface area contributed by atoms with Crippen LogP contribution in [0.3, 0.4) is 0 Å². The number of aromatic nitrogens is 2. The van der Waals surface area contributed by atoms with Crippen LogP contribution in [0.25, 0.3) is 0 Å². The van der Waals surface area contributed by atoms with Crippen LogP contribution in [0.1, 0.15) is 43.7 Å². The fourth-order valence-electron chi connectivity index (χ4n) is 4.71. The second kappa shape index (κ2) is 10.4. The monoisotopic (exact) mass is 593 g/mol. The summed E-state index contributed by atoms with van der Waals surface area (Å²) >= 11 is 0. The molecular weight excluding hydrogens is 554 g/mol. The van der Waals surface area contributed by atoms with Crippen molar-refractivity contribution in [1.82, 2.24) is 9.13 Å². The van der Waals surface area contributed by atoms with Gasteiger partial charge in [-0.25, -0.2) is 8.98 Å². The first kappa shape index (κ1) is 30.4. The first-order chi connectivity index (χ1) is 18.4. The number of rotatable bonds is 7. The molecule has 2 aromatic rings. The van der Waals surface area contributed by atoms with Crippen LogP contribution >= 0.6 is 0 Å². The van der Waals surface area contributed by atoms with Crippen molar-refractivity contribution >= 4 is 18.4 Å². The lowest BCUT2D eigenvalue weighted by atomic mass is 9.89. The summed E-state index contributed by atoms with van der Waals surface area (Å²) in [6.45, 7) is 13.8. The number of benzene rings is 1. The van der Waals surface area contributed by atoms with Gasteiger partial charge in [0.15, 0.2) is 20.1 Å². The molecule has 0 radical (unpaired) electrons. The quantitative estimate of drug-likeness (QED) is 0.379. The maximum absolute atomic E-state index is 13.3. The summed E-state index contributed by atoms with van der Waals surface area (Å²) in [6, 6.07) is 7.80. The molecule has 0 unspecified atom stereocenters. The Labute approximate surface area is 235 Å². The van der Waals surface area contributed by atoms with Crippen molar-refractivity contribution < 1.29 is 26.5 Å². The highest BCUT2D eigenvalue weighted by atomic mass is 32.2. The molecule has 11 nitrogen and oxygen atoms in total. The zero-order valence-electron chi connectivity index (χ0n) is 24.3. The summed E-state index contributed by atoms with van der Waals surface area (Å²) in [5.41, 5.74) is 5.76. The topological polar surface area (TPSA) is 141 Å². The van der Waals surface area contributed by atoms with Crippen LogP contribution in [0.4, 0.5) is 0 Å². The van der Waals surface area contributed by atoms with E-state index in [0.29, 0.717) is 5.56 Å². The van der Waals surface area contributed by atoms with Gasteiger partial charge in [-0.3, -0.25) is 13.9 Å². The van der Waals surface area contributed by atoms with E-state index in [0.717, 1.165) is 21.1 Å². The van der Waals surface area contributed by atoms with E-state index >= 15 is 0 Å². The van der Waals surface area contributed by atoms with E-state index in [1.807, 2.05) is 65.1 Å². The fourth-order valence-corrected chi connectivity index (χ4v) is 7.21. The molecule has 2 aliphatic heterocycles. The summed E-state index contributed by atoms with van der Waals surface area (Å²) in [6.07, 6.45) is -1.98. The lowest BCUT2D eigenvalue weighted by molar-refractivity contribution is -0.0783. The van der Waals surface area contributed by atoms with Gasteiger partial charge in [-0.1, -0.05) is 50.6 Å². The Balaban J connectivity index is 1.83. The molecule has 0 saturated carbocycles. The number of hydrogen-bond donors (Lipinski definition) is 1. The lowest BCUT2D eigenvalue weighted by Gasteiger charge is -2.43. The van der Waals surface area contributed by atoms with Crippen molar-refractivity contribution in [2.75, 3.05) is 6.61 Å². The van der Waals surface area contributed by atoms with Crippen molar-refractivity contribution in [3.63, 3.8) is 0 Å². The number of ether oxygens (including phenoxy) is 2. The summed E-state index contributed by atoms with van der Waals surface area (Å²) in [7, 11) is -5.47. The van der Waals surface area contributed by atoms with E-state index in [9.17, 15) is 18.0 Å². The lowest BCUT2D eigenvalue weighted by Crippen LogP contribution is -2.58. The highest BCUT2D eigenvalue weighted by Crippen LogP contribution is 2.51. The number of nitrogens with zero attached hydrogens (tertiary/aromatic N) is 2. The van der Waals surface area contributed by atoms with Crippen LogP contribution in [0.2, 0.25) is 18.1 Å². The van der Waals surface area contributed by atoms with E-state index in [-0.39, 0.29) is 23.9 Å². The number of aryl methyl sites for hydroxylation is 2. The Morgan fingerprint density at radius 2 is 1.75 bits per heavy atom. The Kier molecular flexibility index (Phi) is 7.88. The predicted molar refractivity (Wildman–Crippen MR) is 153 cm³/mol. The van der Waals surface area contributed by atoms with Gasteiger partial charge in [-0.2, -0.15) is 8.42 Å². The van der Waals surface area contributed by atoms with E-state index in [1.54, 1.807) is 6.92 Å². The van der Waals surface area contributed by atoms with Crippen LogP contribution in [0, 0.1) is 13.8 Å². The molecular formula is C27H39N3O8SSi. The Hall–Kier alpha value is -2.55. The minimum atomic E-state index is -4.19. The standard InChI is InChI=1S/C27H39N3O8SSi/c1-17-9-11-19(12-10-17)14-35-15-21-27(20(28)16-39(33,34)38-27)22(37-40(7,8)26(3,4)5)24(36-21)30-13-18(2)23(31)29(6)25(30)32/h9-13,16,21-22,24H,14-15,28H2,1-8H3/t21-,22+,24-,27-/m1/s1. The van der Waals surface area contributed by atoms with Crippen LogP contribution in [-0.2, 0) is 41.9 Å². The second-order valence-electron chi connectivity index (χ2n) is 12.1. The Morgan fingerprint density at radius 3 is 2.30 bits per heavy atom. The number of nitrogens with two attached hydrogens (primary N) is 1. The highest BCUT2D eigenvalue weighted by molar-refractivity contribution is 7.90. The van der Waals surface area contributed by atoms with Crippen LogP contribution in [-0.4, -0.2) is 50.3 Å². The molecule has 0 bridgehead atoms. The zero-order chi connectivity index (χ0) is 29.8. The van der Waals surface area contributed by atoms with Crippen molar-refractivity contribution in [2.24, 2.45) is 12.8 Å². The van der Waals surface area contributed by atoms with Crippen LogP contribution in [0.15, 0.2) is 51.2 Å². The zero-order valence-corrected chi connectivity index (χ0v) is 26.1. The average molecular weight is 594 g/mol. The summed E-state index contributed by atoms with van der Waals surface area (Å²) in [5, 5.41) is 0.571. The molecule has 13 heteroatoms. The van der Waals surface area contributed by atoms with Crippen molar-refractivity contribution in [1.29, 1.82) is 0 Å². The predicted octanol–water partition coefficient (Wildman–Crippen LogP) is 2.57. The minimum absolute atomic E-state index is 0.0998. The summed E-state index contributed by atoms with van der Waals surface area (Å²) in [4.78, 5) is 25.8. The third-order valence-corrected chi connectivity index (χ3v) is 13.6. The summed E-state index contributed by atoms with van der Waals surface area (Å²) < 4.78 is 52.8. The van der Waals surface area contributed by atoms with E-state index in [1.165, 1.54) is 17.8 Å². The molecule has 220 valence electrons. The molecule has 0 amide bonds. The van der Waals surface area contributed by atoms with Gasteiger partial charge < -0.3 is 19.6 Å². The first-order valence-corrected chi connectivity index (χ1v) is 17.5. The van der Waals surface area contributed by atoms with E-state index < -0.39 is 53.7 Å². The first-order valence-electron chi connectivity index (χ1n) is 13.1. The maximum Gasteiger partial charge on any atom is 0.332 e. The van der Waals surface area contributed by atoms with Gasteiger partial charge in [0.1, 0.15) is 12.2 Å². The van der Waals surface area contributed by atoms with E-state index in [2.05, 4.69) is 0 Å². The largest absolute Gasteiger partial charge is 0.406 e. The van der Waals surface area contributed by atoms with Crippen molar-refractivity contribution in [3.05, 3.63) is 79.1 Å². The fraction of sp³-hybridized carbons (Fsp3) is 0.556. The minimum Gasteiger partial charge on any atom is -0.406 e. The molecule has 4 atom stereocenters. The SMILES string of the molecule is Cc1ccc(COC[C@H]2O[C@@H](n3cc(C)c(=O)n(C)c3=O)[C@H](O[Si](C)(C)C(C)(C)C)[C@]23OS(=O)(=O)C=C3N)cc1. The number of hydrogen-bond acceptors (Lipinski definition) is 9. The average Bonchev–Trinajstić information content (AvgIpc) is 3.27. The van der Waals surface area contributed by atoms with Crippen molar-refractivity contribution in [2.45, 2.75) is 83.4 Å². The summed E-state index contributed by atoms with van der Waals surface area (Å²) in [5.74, 6) is 0. The molecule has 1 saturated heterocycles. The Morgan fingerprint density at radius 1 is 1.12 bits per heavy atom. The molecule has 0 aliphatic carbocycles. The third kappa shape index (κ3) is 5.38. The van der Waals surface area contributed by atoms with Gasteiger partial charge in [0.25, 0.3) is 15.7 Å². The molecule has 40 heavy (non-hydrogen) atoms. The molecule has 1 fully saturated rings. The van der Waals surface area contributed by atoms with Crippen LogP contribution < -0.4 is 17.0 Å². The van der Waals surface area contributed by atoms with Gasteiger partial charge in [-0.15, -0.1) is 0 Å². The molecule has 1 aromatic carbocycles. The third-order valence-electron chi connectivity index (χ3n) is 8.08. The molecule has 3 heterocycles. The van der Waals surface area contributed by atoms with Gasteiger partial charge >= 0.3 is 5.69 Å². The van der Waals surface area contributed by atoms with Crippen molar-refractivity contribution in [3.8, 4) is 0 Å². The second-order valence-corrected chi connectivity index (χ2v) is 18.3. The van der Waals surface area contributed by atoms with Gasteiger partial charge in [0.05, 0.1) is 24.3 Å². The van der Waals surface area contributed by atoms with E-state index in [4.69, 9.17) is 23.8 Å².